The summed E-state index contributed by atoms with van der Waals surface area (Å²) in [4.78, 5) is 17.1. The van der Waals surface area contributed by atoms with E-state index >= 15 is 0 Å². The van der Waals surface area contributed by atoms with Crippen molar-refractivity contribution in [2.75, 3.05) is 32.1 Å². The van der Waals surface area contributed by atoms with Crippen molar-refractivity contribution < 1.29 is 9.53 Å². The van der Waals surface area contributed by atoms with E-state index < -0.39 is 0 Å². The van der Waals surface area contributed by atoms with Crippen LogP contribution in [0.2, 0.25) is 5.02 Å². The molecule has 6 heteroatoms. The summed E-state index contributed by atoms with van der Waals surface area (Å²) in [6, 6.07) is 11.2. The van der Waals surface area contributed by atoms with E-state index in [1.54, 1.807) is 7.11 Å². The van der Waals surface area contributed by atoms with E-state index in [1.165, 1.54) is 12.8 Å². The number of hydrogen-bond acceptors (Lipinski definition) is 4. The molecule has 1 heterocycles. The van der Waals surface area contributed by atoms with E-state index in [0.717, 1.165) is 17.8 Å². The van der Waals surface area contributed by atoms with Gasteiger partial charge in [-0.1, -0.05) is 23.7 Å². The number of carbonyl (C=O) groups is 1. The lowest BCUT2D eigenvalue weighted by Crippen LogP contribution is -2.28. The standard InChI is InChI=1S/C19H22ClN3O2/c1-25-11-10-21-19(24)16-8-9-17(14-4-6-15(20)7-5-14)23-18(16)22-12-13-2-3-13/h4-9,13H,2-3,10-12H2,1H3,(H,21,24)(H,22,23). The lowest BCUT2D eigenvalue weighted by atomic mass is 10.1. The van der Waals surface area contributed by atoms with Crippen molar-refractivity contribution in [1.82, 2.24) is 10.3 Å². The van der Waals surface area contributed by atoms with E-state index in [2.05, 4.69) is 15.6 Å². The highest BCUT2D eigenvalue weighted by Crippen LogP contribution is 2.30. The number of halogens is 1. The number of benzene rings is 1. The molecular formula is C19H22ClN3O2. The van der Waals surface area contributed by atoms with Gasteiger partial charge >= 0.3 is 0 Å². The lowest BCUT2D eigenvalue weighted by molar-refractivity contribution is 0.0937. The summed E-state index contributed by atoms with van der Waals surface area (Å²) in [5, 5.41) is 6.87. The van der Waals surface area contributed by atoms with E-state index in [0.29, 0.717) is 35.5 Å². The Morgan fingerprint density at radius 2 is 2.00 bits per heavy atom. The number of anilines is 1. The lowest BCUT2D eigenvalue weighted by Gasteiger charge is -2.13. The molecule has 1 aromatic carbocycles. The Morgan fingerprint density at radius 1 is 1.24 bits per heavy atom. The van der Waals surface area contributed by atoms with Crippen LogP contribution in [-0.4, -0.2) is 37.7 Å². The molecule has 2 N–H and O–H groups in total. The monoisotopic (exact) mass is 359 g/mol. The van der Waals surface area contributed by atoms with Crippen LogP contribution >= 0.6 is 11.6 Å². The van der Waals surface area contributed by atoms with Gasteiger partial charge in [-0.05, 0) is 43.0 Å². The minimum Gasteiger partial charge on any atom is -0.383 e. The van der Waals surface area contributed by atoms with Crippen molar-refractivity contribution >= 4 is 23.3 Å². The van der Waals surface area contributed by atoms with E-state index in [9.17, 15) is 4.79 Å². The molecule has 0 spiro atoms. The minimum absolute atomic E-state index is 0.148. The highest BCUT2D eigenvalue weighted by Gasteiger charge is 2.22. The Balaban J connectivity index is 1.82. The van der Waals surface area contributed by atoms with Crippen molar-refractivity contribution in [3.05, 3.63) is 47.0 Å². The summed E-state index contributed by atoms with van der Waals surface area (Å²) in [5.41, 5.74) is 2.32. The number of pyridine rings is 1. The number of ether oxygens (including phenoxy) is 1. The van der Waals surface area contributed by atoms with Crippen LogP contribution in [0.4, 0.5) is 5.82 Å². The maximum atomic E-state index is 12.4. The first-order valence-corrected chi connectivity index (χ1v) is 8.83. The average molecular weight is 360 g/mol. The predicted molar refractivity (Wildman–Crippen MR) is 100 cm³/mol. The first kappa shape index (κ1) is 17.7. The van der Waals surface area contributed by atoms with Crippen LogP contribution in [0.1, 0.15) is 23.2 Å². The largest absolute Gasteiger partial charge is 0.383 e. The van der Waals surface area contributed by atoms with Crippen LogP contribution in [-0.2, 0) is 4.74 Å². The summed E-state index contributed by atoms with van der Waals surface area (Å²) in [6.45, 7) is 1.79. The molecule has 1 aromatic heterocycles. The van der Waals surface area contributed by atoms with Gasteiger partial charge in [-0.2, -0.15) is 0 Å². The molecule has 0 saturated heterocycles. The number of hydrogen-bond donors (Lipinski definition) is 2. The van der Waals surface area contributed by atoms with Crippen molar-refractivity contribution in [2.45, 2.75) is 12.8 Å². The fraction of sp³-hybridized carbons (Fsp3) is 0.368. The first-order valence-electron chi connectivity index (χ1n) is 8.45. The zero-order chi connectivity index (χ0) is 17.6. The highest BCUT2D eigenvalue weighted by molar-refractivity contribution is 6.30. The normalized spacial score (nSPS) is 13.5. The second kappa shape index (κ2) is 8.32. The Morgan fingerprint density at radius 3 is 2.68 bits per heavy atom. The SMILES string of the molecule is COCCNC(=O)c1ccc(-c2ccc(Cl)cc2)nc1NCC1CC1. The topological polar surface area (TPSA) is 63.2 Å². The van der Waals surface area contributed by atoms with E-state index in [4.69, 9.17) is 16.3 Å². The van der Waals surface area contributed by atoms with Gasteiger partial charge in [0, 0.05) is 30.8 Å². The first-order chi connectivity index (χ1) is 12.2. The van der Waals surface area contributed by atoms with Crippen molar-refractivity contribution in [1.29, 1.82) is 0 Å². The van der Waals surface area contributed by atoms with Gasteiger partial charge in [-0.3, -0.25) is 4.79 Å². The fourth-order valence-corrected chi connectivity index (χ4v) is 2.61. The van der Waals surface area contributed by atoms with Crippen molar-refractivity contribution in [3.63, 3.8) is 0 Å². The molecule has 0 bridgehead atoms. The van der Waals surface area contributed by atoms with Crippen LogP contribution in [0.3, 0.4) is 0 Å². The van der Waals surface area contributed by atoms with Gasteiger partial charge in [-0.25, -0.2) is 4.98 Å². The van der Waals surface area contributed by atoms with E-state index in [-0.39, 0.29) is 5.91 Å². The predicted octanol–water partition coefficient (Wildman–Crippen LogP) is 3.60. The van der Waals surface area contributed by atoms with Gasteiger partial charge in [0.15, 0.2) is 0 Å². The third-order valence-corrected chi connectivity index (χ3v) is 4.38. The zero-order valence-corrected chi connectivity index (χ0v) is 15.0. The maximum absolute atomic E-state index is 12.4. The van der Waals surface area contributed by atoms with Crippen LogP contribution in [0.25, 0.3) is 11.3 Å². The quantitative estimate of drug-likeness (QED) is 0.707. The number of aromatic nitrogens is 1. The van der Waals surface area contributed by atoms with E-state index in [1.807, 2.05) is 36.4 Å². The molecule has 1 amide bonds. The van der Waals surface area contributed by atoms with Gasteiger partial charge in [0.1, 0.15) is 5.82 Å². The molecule has 0 radical (unpaired) electrons. The maximum Gasteiger partial charge on any atom is 0.255 e. The van der Waals surface area contributed by atoms with Crippen molar-refractivity contribution in [2.24, 2.45) is 5.92 Å². The van der Waals surface area contributed by atoms with Gasteiger partial charge in [0.05, 0.1) is 17.9 Å². The number of nitrogens with zero attached hydrogens (tertiary/aromatic N) is 1. The number of carbonyl (C=O) groups excluding carboxylic acids is 1. The van der Waals surface area contributed by atoms with Crippen LogP contribution in [0.5, 0.6) is 0 Å². The number of rotatable bonds is 8. The highest BCUT2D eigenvalue weighted by atomic mass is 35.5. The van der Waals surface area contributed by atoms with Crippen LogP contribution in [0.15, 0.2) is 36.4 Å². The molecule has 5 nitrogen and oxygen atoms in total. The molecule has 0 unspecified atom stereocenters. The second-order valence-electron chi connectivity index (χ2n) is 6.17. The van der Waals surface area contributed by atoms with Gasteiger partial charge < -0.3 is 15.4 Å². The molecular weight excluding hydrogens is 338 g/mol. The smallest absolute Gasteiger partial charge is 0.255 e. The summed E-state index contributed by atoms with van der Waals surface area (Å²) >= 11 is 5.95. The minimum atomic E-state index is -0.148. The Bertz CT molecular complexity index is 730. The zero-order valence-electron chi connectivity index (χ0n) is 14.2. The molecule has 0 atom stereocenters. The van der Waals surface area contributed by atoms with Crippen molar-refractivity contribution in [3.8, 4) is 11.3 Å². The molecule has 3 rings (SSSR count). The molecule has 25 heavy (non-hydrogen) atoms. The molecule has 1 aliphatic rings. The second-order valence-corrected chi connectivity index (χ2v) is 6.61. The Hall–Kier alpha value is -2.11. The van der Waals surface area contributed by atoms with Crippen LogP contribution in [0, 0.1) is 5.92 Å². The van der Waals surface area contributed by atoms with Crippen LogP contribution < -0.4 is 10.6 Å². The third-order valence-electron chi connectivity index (χ3n) is 4.13. The third kappa shape index (κ3) is 4.94. The number of nitrogens with one attached hydrogen (secondary N) is 2. The number of amides is 1. The summed E-state index contributed by atoms with van der Waals surface area (Å²) in [6.07, 6.45) is 2.47. The summed E-state index contributed by atoms with van der Waals surface area (Å²) in [7, 11) is 1.61. The summed E-state index contributed by atoms with van der Waals surface area (Å²) in [5.74, 6) is 1.16. The molecule has 0 aliphatic heterocycles. The molecule has 1 saturated carbocycles. The average Bonchev–Trinajstić information content (AvgIpc) is 3.45. The molecule has 132 valence electrons. The van der Waals surface area contributed by atoms with Gasteiger partial charge in [-0.15, -0.1) is 0 Å². The Kier molecular flexibility index (Phi) is 5.89. The van der Waals surface area contributed by atoms with Gasteiger partial charge in [0.2, 0.25) is 0 Å². The molecule has 2 aromatic rings. The number of methoxy groups -OCH3 is 1. The Labute approximate surface area is 152 Å². The summed E-state index contributed by atoms with van der Waals surface area (Å²) < 4.78 is 4.98. The molecule has 1 fully saturated rings. The van der Waals surface area contributed by atoms with Gasteiger partial charge in [0.25, 0.3) is 5.91 Å². The molecule has 1 aliphatic carbocycles. The fourth-order valence-electron chi connectivity index (χ4n) is 2.48.